The first-order chi connectivity index (χ1) is 13.0. The SMILES string of the molecule is Cc1ccc(F)cc1C(=O)Nc1cccc(-c2nc3ccccc3n2C)c1. The van der Waals surface area contributed by atoms with Crippen LogP contribution in [0.3, 0.4) is 0 Å². The molecule has 3 aromatic carbocycles. The number of hydrogen-bond donors (Lipinski definition) is 1. The maximum atomic E-state index is 13.5. The predicted molar refractivity (Wildman–Crippen MR) is 105 cm³/mol. The minimum absolute atomic E-state index is 0.322. The summed E-state index contributed by atoms with van der Waals surface area (Å²) in [6.07, 6.45) is 0. The molecule has 4 rings (SSSR count). The molecule has 4 aromatic rings. The molecule has 0 saturated heterocycles. The van der Waals surface area contributed by atoms with E-state index >= 15 is 0 Å². The number of rotatable bonds is 3. The minimum Gasteiger partial charge on any atom is -0.327 e. The van der Waals surface area contributed by atoms with Gasteiger partial charge in [-0.2, -0.15) is 0 Å². The van der Waals surface area contributed by atoms with E-state index in [4.69, 9.17) is 0 Å². The quantitative estimate of drug-likeness (QED) is 0.563. The normalized spacial score (nSPS) is 10.9. The Morgan fingerprint density at radius 2 is 1.85 bits per heavy atom. The van der Waals surface area contributed by atoms with Gasteiger partial charge in [0.15, 0.2) is 0 Å². The fourth-order valence-electron chi connectivity index (χ4n) is 3.18. The summed E-state index contributed by atoms with van der Waals surface area (Å²) in [5.41, 5.74) is 4.52. The van der Waals surface area contributed by atoms with E-state index < -0.39 is 5.82 Å². The van der Waals surface area contributed by atoms with Crippen LogP contribution in [0, 0.1) is 12.7 Å². The van der Waals surface area contributed by atoms with Crippen molar-refractivity contribution in [2.24, 2.45) is 7.05 Å². The van der Waals surface area contributed by atoms with Gasteiger partial charge >= 0.3 is 0 Å². The number of aromatic nitrogens is 2. The Balaban J connectivity index is 1.67. The fourth-order valence-corrected chi connectivity index (χ4v) is 3.18. The summed E-state index contributed by atoms with van der Waals surface area (Å²) in [6, 6.07) is 19.6. The van der Waals surface area contributed by atoms with Crippen molar-refractivity contribution in [3.8, 4) is 11.4 Å². The topological polar surface area (TPSA) is 46.9 Å². The van der Waals surface area contributed by atoms with Gasteiger partial charge in [-0.3, -0.25) is 4.79 Å². The highest BCUT2D eigenvalue weighted by Gasteiger charge is 2.13. The molecular formula is C22H18FN3O. The van der Waals surface area contributed by atoms with Gasteiger partial charge in [0, 0.05) is 23.9 Å². The lowest BCUT2D eigenvalue weighted by atomic mass is 10.1. The molecule has 0 fully saturated rings. The lowest BCUT2D eigenvalue weighted by Gasteiger charge is -2.09. The number of benzene rings is 3. The van der Waals surface area contributed by atoms with Crippen LogP contribution in [0.5, 0.6) is 0 Å². The number of nitrogens with zero attached hydrogens (tertiary/aromatic N) is 2. The number of anilines is 1. The predicted octanol–water partition coefficient (Wildman–Crippen LogP) is 4.94. The highest BCUT2D eigenvalue weighted by atomic mass is 19.1. The highest BCUT2D eigenvalue weighted by Crippen LogP contribution is 2.26. The molecule has 5 heteroatoms. The van der Waals surface area contributed by atoms with Crippen LogP contribution in [-0.2, 0) is 7.05 Å². The van der Waals surface area contributed by atoms with Crippen LogP contribution in [0.25, 0.3) is 22.4 Å². The molecule has 0 aliphatic heterocycles. The Morgan fingerprint density at radius 1 is 1.04 bits per heavy atom. The maximum absolute atomic E-state index is 13.5. The number of imidazole rings is 1. The van der Waals surface area contributed by atoms with Crippen molar-refractivity contribution in [1.82, 2.24) is 9.55 Å². The molecule has 1 aromatic heterocycles. The summed E-state index contributed by atoms with van der Waals surface area (Å²) >= 11 is 0. The van der Waals surface area contributed by atoms with Gasteiger partial charge in [-0.15, -0.1) is 0 Å². The largest absolute Gasteiger partial charge is 0.327 e. The molecule has 0 radical (unpaired) electrons. The molecule has 1 amide bonds. The molecule has 0 unspecified atom stereocenters. The van der Waals surface area contributed by atoms with Crippen molar-refractivity contribution >= 4 is 22.6 Å². The summed E-state index contributed by atoms with van der Waals surface area (Å²) in [7, 11) is 1.96. The first kappa shape index (κ1) is 17.0. The van der Waals surface area contributed by atoms with Gasteiger partial charge in [0.1, 0.15) is 11.6 Å². The van der Waals surface area contributed by atoms with Crippen molar-refractivity contribution in [1.29, 1.82) is 0 Å². The third kappa shape index (κ3) is 3.19. The van der Waals surface area contributed by atoms with Crippen LogP contribution in [0.15, 0.2) is 66.7 Å². The van der Waals surface area contributed by atoms with E-state index in [-0.39, 0.29) is 5.91 Å². The fraction of sp³-hybridized carbons (Fsp3) is 0.0909. The standard InChI is InChI=1S/C22H18FN3O/c1-14-10-11-16(23)13-18(14)22(27)24-17-7-5-6-15(12-17)21-25-19-8-3-4-9-20(19)26(21)2/h3-13H,1-2H3,(H,24,27). The second-order valence-corrected chi connectivity index (χ2v) is 6.48. The van der Waals surface area contributed by atoms with Gasteiger partial charge in [-0.1, -0.05) is 30.3 Å². The first-order valence-electron chi connectivity index (χ1n) is 8.62. The summed E-state index contributed by atoms with van der Waals surface area (Å²) in [4.78, 5) is 17.2. The molecular weight excluding hydrogens is 341 g/mol. The number of nitrogens with one attached hydrogen (secondary N) is 1. The Morgan fingerprint density at radius 3 is 2.67 bits per heavy atom. The molecule has 134 valence electrons. The number of fused-ring (bicyclic) bond motifs is 1. The highest BCUT2D eigenvalue weighted by molar-refractivity contribution is 6.05. The first-order valence-corrected chi connectivity index (χ1v) is 8.62. The lowest BCUT2D eigenvalue weighted by Crippen LogP contribution is -2.13. The van der Waals surface area contributed by atoms with Gasteiger partial charge in [0.05, 0.1) is 11.0 Å². The molecule has 1 heterocycles. The van der Waals surface area contributed by atoms with Gasteiger partial charge in [0.25, 0.3) is 5.91 Å². The van der Waals surface area contributed by atoms with Crippen molar-refractivity contribution in [3.05, 3.63) is 83.7 Å². The van der Waals surface area contributed by atoms with Gasteiger partial charge in [-0.25, -0.2) is 9.37 Å². The van der Waals surface area contributed by atoms with E-state index in [1.54, 1.807) is 19.1 Å². The third-order valence-electron chi connectivity index (χ3n) is 4.61. The number of aryl methyl sites for hydroxylation is 2. The van der Waals surface area contributed by atoms with Gasteiger partial charge in [0.2, 0.25) is 0 Å². The van der Waals surface area contributed by atoms with Crippen LogP contribution >= 0.6 is 0 Å². The van der Waals surface area contributed by atoms with E-state index in [1.807, 2.05) is 54.1 Å². The number of halogens is 1. The van der Waals surface area contributed by atoms with E-state index in [2.05, 4.69) is 10.3 Å². The van der Waals surface area contributed by atoms with Crippen molar-refractivity contribution in [2.75, 3.05) is 5.32 Å². The zero-order chi connectivity index (χ0) is 19.0. The van der Waals surface area contributed by atoms with Gasteiger partial charge < -0.3 is 9.88 Å². The number of hydrogen-bond acceptors (Lipinski definition) is 2. The molecule has 27 heavy (non-hydrogen) atoms. The molecule has 0 aliphatic carbocycles. The number of amides is 1. The van der Waals surface area contributed by atoms with E-state index in [1.165, 1.54) is 12.1 Å². The summed E-state index contributed by atoms with van der Waals surface area (Å²) in [5, 5.41) is 2.85. The van der Waals surface area contributed by atoms with E-state index in [0.717, 1.165) is 28.0 Å². The lowest BCUT2D eigenvalue weighted by molar-refractivity contribution is 0.102. The molecule has 4 nitrogen and oxygen atoms in total. The third-order valence-corrected chi connectivity index (χ3v) is 4.61. The average Bonchev–Trinajstić information content (AvgIpc) is 3.01. The number of para-hydroxylation sites is 2. The minimum atomic E-state index is -0.431. The molecule has 0 bridgehead atoms. The molecule has 0 saturated carbocycles. The second kappa shape index (κ2) is 6.68. The summed E-state index contributed by atoms with van der Waals surface area (Å²) in [5.74, 6) is 0.0441. The molecule has 0 atom stereocenters. The van der Waals surface area contributed by atoms with Crippen molar-refractivity contribution in [2.45, 2.75) is 6.92 Å². The zero-order valence-electron chi connectivity index (χ0n) is 15.0. The van der Waals surface area contributed by atoms with Crippen LogP contribution in [0.2, 0.25) is 0 Å². The summed E-state index contributed by atoms with van der Waals surface area (Å²) < 4.78 is 15.5. The smallest absolute Gasteiger partial charge is 0.256 e. The van der Waals surface area contributed by atoms with Crippen LogP contribution in [0.1, 0.15) is 15.9 Å². The Hall–Kier alpha value is -3.47. The second-order valence-electron chi connectivity index (χ2n) is 6.48. The Bertz CT molecular complexity index is 1160. The van der Waals surface area contributed by atoms with Crippen LogP contribution < -0.4 is 5.32 Å². The maximum Gasteiger partial charge on any atom is 0.256 e. The van der Waals surface area contributed by atoms with E-state index in [9.17, 15) is 9.18 Å². The molecule has 0 aliphatic rings. The van der Waals surface area contributed by atoms with Crippen molar-refractivity contribution < 1.29 is 9.18 Å². The number of carbonyl (C=O) groups excluding carboxylic acids is 1. The average molecular weight is 359 g/mol. The van der Waals surface area contributed by atoms with Crippen LogP contribution in [0.4, 0.5) is 10.1 Å². The monoisotopic (exact) mass is 359 g/mol. The molecule has 1 N–H and O–H groups in total. The molecule has 0 spiro atoms. The van der Waals surface area contributed by atoms with E-state index in [0.29, 0.717) is 11.3 Å². The number of carbonyl (C=O) groups is 1. The Labute approximate surface area is 156 Å². The van der Waals surface area contributed by atoms with Gasteiger partial charge in [-0.05, 0) is 48.9 Å². The Kier molecular flexibility index (Phi) is 4.20. The van der Waals surface area contributed by atoms with Crippen molar-refractivity contribution in [3.63, 3.8) is 0 Å². The van der Waals surface area contributed by atoms with Crippen LogP contribution in [-0.4, -0.2) is 15.5 Å². The summed E-state index contributed by atoms with van der Waals surface area (Å²) in [6.45, 7) is 1.78. The zero-order valence-corrected chi connectivity index (χ0v) is 15.0.